The number of carboxylic acids is 1. The molecule has 2 atom stereocenters. The molecule has 1 heterocycles. The number of halogens is 1. The van der Waals surface area contributed by atoms with Gasteiger partial charge in [-0.05, 0) is 37.1 Å². The molecular formula is C12H14FNO2. The molecule has 1 aliphatic rings. The predicted octanol–water partition coefficient (Wildman–Crippen LogP) is 1.70. The molecule has 1 aliphatic heterocycles. The predicted molar refractivity (Wildman–Crippen MR) is 57.8 cm³/mol. The summed E-state index contributed by atoms with van der Waals surface area (Å²) in [5.74, 6) is -0.858. The van der Waals surface area contributed by atoms with E-state index in [1.165, 1.54) is 12.1 Å². The van der Waals surface area contributed by atoms with Crippen LogP contribution in [-0.2, 0) is 4.79 Å². The van der Waals surface area contributed by atoms with E-state index in [4.69, 9.17) is 5.11 Å². The highest BCUT2D eigenvalue weighted by atomic mass is 19.1. The zero-order valence-corrected chi connectivity index (χ0v) is 9.06. The number of hydrogen-bond acceptors (Lipinski definition) is 2. The number of hydrogen-bond donors (Lipinski definition) is 1. The molecule has 1 aromatic rings. The van der Waals surface area contributed by atoms with Gasteiger partial charge in [0.15, 0.2) is 0 Å². The summed E-state index contributed by atoms with van der Waals surface area (Å²) in [6.07, 6.45) is 0.595. The Morgan fingerprint density at radius 2 is 2.06 bits per heavy atom. The molecule has 1 N–H and O–H groups in total. The van der Waals surface area contributed by atoms with Crippen LogP contribution in [0.4, 0.5) is 4.39 Å². The van der Waals surface area contributed by atoms with Crippen molar-refractivity contribution in [3.05, 3.63) is 35.6 Å². The molecule has 0 spiro atoms. The quantitative estimate of drug-likeness (QED) is 0.829. The number of nitrogens with zero attached hydrogens (tertiary/aromatic N) is 1. The van der Waals surface area contributed by atoms with Crippen LogP contribution in [0.3, 0.4) is 0 Å². The van der Waals surface area contributed by atoms with Crippen LogP contribution in [0.15, 0.2) is 24.3 Å². The zero-order valence-electron chi connectivity index (χ0n) is 9.06. The maximum absolute atomic E-state index is 12.8. The van der Waals surface area contributed by atoms with E-state index in [2.05, 4.69) is 0 Å². The molecule has 0 aromatic heterocycles. The minimum atomic E-state index is -0.785. The van der Waals surface area contributed by atoms with Crippen molar-refractivity contribution in [1.29, 1.82) is 0 Å². The minimum absolute atomic E-state index is 0.187. The molecule has 0 aliphatic carbocycles. The Morgan fingerprint density at radius 3 is 2.56 bits per heavy atom. The fraction of sp³-hybridized carbons (Fsp3) is 0.417. The van der Waals surface area contributed by atoms with Gasteiger partial charge in [0.25, 0.3) is 0 Å². The van der Waals surface area contributed by atoms with Gasteiger partial charge >= 0.3 is 5.97 Å². The lowest BCUT2D eigenvalue weighted by Crippen LogP contribution is -2.32. The first kappa shape index (κ1) is 11.1. The Balaban J connectivity index is 2.13. The molecule has 0 bridgehead atoms. The van der Waals surface area contributed by atoms with Gasteiger partial charge in [-0.1, -0.05) is 12.1 Å². The van der Waals surface area contributed by atoms with E-state index in [9.17, 15) is 9.18 Å². The van der Waals surface area contributed by atoms with Crippen molar-refractivity contribution in [1.82, 2.24) is 4.90 Å². The van der Waals surface area contributed by atoms with Crippen molar-refractivity contribution >= 4 is 5.97 Å². The van der Waals surface area contributed by atoms with E-state index >= 15 is 0 Å². The average Bonchev–Trinajstić information content (AvgIpc) is 2.61. The second-order valence-electron chi connectivity index (χ2n) is 4.28. The van der Waals surface area contributed by atoms with Crippen LogP contribution < -0.4 is 0 Å². The number of likely N-dealkylation sites (N-methyl/N-ethyl adjacent to an activating group) is 1. The topological polar surface area (TPSA) is 40.5 Å². The van der Waals surface area contributed by atoms with Gasteiger partial charge in [0.1, 0.15) is 11.9 Å². The van der Waals surface area contributed by atoms with Crippen molar-refractivity contribution in [3.63, 3.8) is 0 Å². The summed E-state index contributed by atoms with van der Waals surface area (Å²) in [5, 5.41) is 8.99. The van der Waals surface area contributed by atoms with Crippen LogP contribution >= 0.6 is 0 Å². The summed E-state index contributed by atoms with van der Waals surface area (Å²) in [6.45, 7) is 0.711. The Morgan fingerprint density at radius 1 is 1.44 bits per heavy atom. The lowest BCUT2D eigenvalue weighted by molar-refractivity contribution is -0.141. The Bertz CT molecular complexity index is 391. The fourth-order valence-corrected chi connectivity index (χ4v) is 2.26. The molecule has 4 heteroatoms. The van der Waals surface area contributed by atoms with E-state index < -0.39 is 12.0 Å². The second-order valence-corrected chi connectivity index (χ2v) is 4.28. The summed E-state index contributed by atoms with van der Waals surface area (Å²) in [4.78, 5) is 12.8. The first-order valence-electron chi connectivity index (χ1n) is 5.26. The van der Waals surface area contributed by atoms with Gasteiger partial charge in [-0.2, -0.15) is 0 Å². The molecule has 0 amide bonds. The highest BCUT2D eigenvalue weighted by Gasteiger charge is 2.34. The molecule has 0 saturated carbocycles. The highest BCUT2D eigenvalue weighted by molar-refractivity contribution is 5.74. The largest absolute Gasteiger partial charge is 0.480 e. The van der Waals surface area contributed by atoms with Crippen molar-refractivity contribution < 1.29 is 14.3 Å². The number of carbonyl (C=O) groups is 1. The van der Waals surface area contributed by atoms with Crippen molar-refractivity contribution in [2.24, 2.45) is 0 Å². The van der Waals surface area contributed by atoms with Gasteiger partial charge in [0, 0.05) is 6.54 Å². The number of rotatable bonds is 2. The number of benzene rings is 1. The third-order valence-corrected chi connectivity index (χ3v) is 3.17. The van der Waals surface area contributed by atoms with Crippen LogP contribution in [0.5, 0.6) is 0 Å². The lowest BCUT2D eigenvalue weighted by atomic mass is 9.96. The van der Waals surface area contributed by atoms with E-state index in [-0.39, 0.29) is 11.7 Å². The molecule has 1 fully saturated rings. The molecule has 1 saturated heterocycles. The molecule has 1 aromatic carbocycles. The van der Waals surface area contributed by atoms with Crippen molar-refractivity contribution in [3.8, 4) is 0 Å². The Labute approximate surface area is 93.5 Å². The fourth-order valence-electron chi connectivity index (χ4n) is 2.26. The summed E-state index contributed by atoms with van der Waals surface area (Å²) < 4.78 is 12.8. The maximum Gasteiger partial charge on any atom is 0.320 e. The van der Waals surface area contributed by atoms with E-state index in [1.54, 1.807) is 12.1 Å². The maximum atomic E-state index is 12.8. The van der Waals surface area contributed by atoms with E-state index in [0.29, 0.717) is 13.0 Å². The van der Waals surface area contributed by atoms with Crippen LogP contribution in [-0.4, -0.2) is 35.6 Å². The zero-order chi connectivity index (χ0) is 11.7. The van der Waals surface area contributed by atoms with Crippen molar-refractivity contribution in [2.75, 3.05) is 13.6 Å². The third kappa shape index (κ3) is 2.07. The molecule has 2 rings (SSSR count). The van der Waals surface area contributed by atoms with Gasteiger partial charge in [-0.3, -0.25) is 9.69 Å². The highest BCUT2D eigenvalue weighted by Crippen LogP contribution is 2.30. The normalized spacial score (nSPS) is 25.9. The van der Waals surface area contributed by atoms with Crippen molar-refractivity contribution in [2.45, 2.75) is 18.4 Å². The van der Waals surface area contributed by atoms with E-state index in [0.717, 1.165) is 5.56 Å². The summed E-state index contributed by atoms with van der Waals surface area (Å²) in [6, 6.07) is 5.89. The van der Waals surface area contributed by atoms with Gasteiger partial charge in [0.2, 0.25) is 0 Å². The molecule has 0 radical (unpaired) electrons. The van der Waals surface area contributed by atoms with Gasteiger partial charge in [0.05, 0.1) is 0 Å². The number of likely N-dealkylation sites (tertiary alicyclic amines) is 1. The second kappa shape index (κ2) is 4.22. The first-order valence-corrected chi connectivity index (χ1v) is 5.26. The Kier molecular flexibility index (Phi) is 2.92. The first-order chi connectivity index (χ1) is 7.58. The SMILES string of the molecule is CN1CC(c2ccc(F)cc2)CC1C(=O)O. The lowest BCUT2D eigenvalue weighted by Gasteiger charge is -2.13. The average molecular weight is 223 g/mol. The summed E-state index contributed by atoms with van der Waals surface area (Å²) >= 11 is 0. The number of aliphatic carboxylic acids is 1. The minimum Gasteiger partial charge on any atom is -0.480 e. The Hall–Kier alpha value is -1.42. The smallest absolute Gasteiger partial charge is 0.320 e. The standard InChI is InChI=1S/C12H14FNO2/c1-14-7-9(6-11(14)12(15)16)8-2-4-10(13)5-3-8/h2-5,9,11H,6-7H2,1H3,(H,15,16). The molecule has 3 nitrogen and oxygen atoms in total. The molecular weight excluding hydrogens is 209 g/mol. The van der Waals surface area contributed by atoms with Crippen LogP contribution in [0.25, 0.3) is 0 Å². The van der Waals surface area contributed by atoms with Gasteiger partial charge in [-0.25, -0.2) is 4.39 Å². The molecule has 86 valence electrons. The van der Waals surface area contributed by atoms with Crippen LogP contribution in [0, 0.1) is 5.82 Å². The van der Waals surface area contributed by atoms with Crippen LogP contribution in [0.1, 0.15) is 17.9 Å². The number of carboxylic acid groups (broad SMARTS) is 1. The molecule has 16 heavy (non-hydrogen) atoms. The molecule has 2 unspecified atom stereocenters. The van der Waals surface area contributed by atoms with Crippen LogP contribution in [0.2, 0.25) is 0 Å². The van der Waals surface area contributed by atoms with Gasteiger partial charge < -0.3 is 5.11 Å². The summed E-state index contributed by atoms with van der Waals surface area (Å²) in [5.41, 5.74) is 1.01. The van der Waals surface area contributed by atoms with E-state index in [1.807, 2.05) is 11.9 Å². The summed E-state index contributed by atoms with van der Waals surface area (Å²) in [7, 11) is 1.81. The third-order valence-electron chi connectivity index (χ3n) is 3.17. The monoisotopic (exact) mass is 223 g/mol. The van der Waals surface area contributed by atoms with Gasteiger partial charge in [-0.15, -0.1) is 0 Å².